The fourth-order valence-electron chi connectivity index (χ4n) is 1.77. The highest BCUT2D eigenvalue weighted by Crippen LogP contribution is 2.18. The highest BCUT2D eigenvalue weighted by Gasteiger charge is 2.24. The number of hydrazone groups is 1. The molecule has 1 aliphatic heterocycles. The third-order valence-electron chi connectivity index (χ3n) is 2.65. The van der Waals surface area contributed by atoms with Crippen molar-refractivity contribution in [2.45, 2.75) is 46.2 Å². The van der Waals surface area contributed by atoms with Crippen molar-refractivity contribution in [3.05, 3.63) is 0 Å². The first-order chi connectivity index (χ1) is 6.65. The maximum absolute atomic E-state index is 4.34. The van der Waals surface area contributed by atoms with Crippen molar-refractivity contribution < 1.29 is 0 Å². The van der Waals surface area contributed by atoms with Crippen molar-refractivity contribution in [3.63, 3.8) is 0 Å². The standard InChI is InChI=1S/C11H23N3/c1-5-6-7-14-9-12-13(4)11(14)8-10(2)3/h9-11H,5-8H2,1-4H3. The molecule has 3 heteroatoms. The third-order valence-corrected chi connectivity index (χ3v) is 2.65. The molecule has 0 amide bonds. The molecule has 0 aliphatic carbocycles. The van der Waals surface area contributed by atoms with Crippen molar-refractivity contribution >= 4 is 6.34 Å². The van der Waals surface area contributed by atoms with Gasteiger partial charge in [0.05, 0.1) is 0 Å². The Kier molecular flexibility index (Phi) is 4.23. The van der Waals surface area contributed by atoms with Gasteiger partial charge in [0.25, 0.3) is 0 Å². The van der Waals surface area contributed by atoms with Crippen LogP contribution in [-0.4, -0.2) is 36.0 Å². The smallest absolute Gasteiger partial charge is 0.119 e. The van der Waals surface area contributed by atoms with Gasteiger partial charge in [-0.3, -0.25) is 5.01 Å². The lowest BCUT2D eigenvalue weighted by atomic mass is 10.1. The van der Waals surface area contributed by atoms with Gasteiger partial charge in [0.2, 0.25) is 0 Å². The van der Waals surface area contributed by atoms with Gasteiger partial charge in [-0.15, -0.1) is 0 Å². The molecule has 1 aliphatic rings. The van der Waals surface area contributed by atoms with Gasteiger partial charge in [0, 0.05) is 13.6 Å². The second kappa shape index (κ2) is 5.23. The van der Waals surface area contributed by atoms with Crippen LogP contribution in [0.1, 0.15) is 40.0 Å². The lowest BCUT2D eigenvalue weighted by Gasteiger charge is -2.29. The Bertz CT molecular complexity index is 189. The quantitative estimate of drug-likeness (QED) is 0.673. The van der Waals surface area contributed by atoms with E-state index in [1.807, 2.05) is 6.34 Å². The normalized spacial score (nSPS) is 21.4. The van der Waals surface area contributed by atoms with Crippen LogP contribution < -0.4 is 0 Å². The van der Waals surface area contributed by atoms with E-state index in [-0.39, 0.29) is 0 Å². The van der Waals surface area contributed by atoms with E-state index >= 15 is 0 Å². The Morgan fingerprint density at radius 2 is 2.14 bits per heavy atom. The van der Waals surface area contributed by atoms with Crippen molar-refractivity contribution in [1.82, 2.24) is 9.91 Å². The van der Waals surface area contributed by atoms with Crippen LogP contribution in [-0.2, 0) is 0 Å². The van der Waals surface area contributed by atoms with E-state index in [9.17, 15) is 0 Å². The Morgan fingerprint density at radius 1 is 1.43 bits per heavy atom. The largest absolute Gasteiger partial charge is 0.339 e. The molecular formula is C11H23N3. The first-order valence-electron chi connectivity index (χ1n) is 5.67. The monoisotopic (exact) mass is 197 g/mol. The first-order valence-corrected chi connectivity index (χ1v) is 5.67. The summed E-state index contributed by atoms with van der Waals surface area (Å²) in [5, 5.41) is 6.42. The highest BCUT2D eigenvalue weighted by atomic mass is 15.6. The van der Waals surface area contributed by atoms with Crippen LogP contribution in [0.25, 0.3) is 0 Å². The topological polar surface area (TPSA) is 18.8 Å². The summed E-state index contributed by atoms with van der Waals surface area (Å²) in [7, 11) is 2.06. The summed E-state index contributed by atoms with van der Waals surface area (Å²) in [4.78, 5) is 2.36. The molecule has 1 heterocycles. The Balaban J connectivity index is 2.43. The Labute approximate surface area is 87.8 Å². The third kappa shape index (κ3) is 2.89. The van der Waals surface area contributed by atoms with Gasteiger partial charge in [0.1, 0.15) is 12.5 Å². The lowest BCUT2D eigenvalue weighted by Crippen LogP contribution is -2.39. The molecular weight excluding hydrogens is 174 g/mol. The Morgan fingerprint density at radius 3 is 2.71 bits per heavy atom. The highest BCUT2D eigenvalue weighted by molar-refractivity contribution is 5.56. The molecule has 0 fully saturated rings. The van der Waals surface area contributed by atoms with Crippen LogP contribution >= 0.6 is 0 Å². The van der Waals surface area contributed by atoms with Crippen LogP contribution in [0.5, 0.6) is 0 Å². The summed E-state index contributed by atoms with van der Waals surface area (Å²) in [6.45, 7) is 7.91. The zero-order valence-electron chi connectivity index (χ0n) is 9.90. The van der Waals surface area contributed by atoms with E-state index < -0.39 is 0 Å². The zero-order chi connectivity index (χ0) is 10.6. The molecule has 1 unspecified atom stereocenters. The summed E-state index contributed by atoms with van der Waals surface area (Å²) < 4.78 is 0. The van der Waals surface area contributed by atoms with Crippen molar-refractivity contribution in [1.29, 1.82) is 0 Å². The van der Waals surface area contributed by atoms with Gasteiger partial charge >= 0.3 is 0 Å². The molecule has 0 N–H and O–H groups in total. The molecule has 1 atom stereocenters. The average Bonchev–Trinajstić information content (AvgIpc) is 2.45. The summed E-state index contributed by atoms with van der Waals surface area (Å²) in [5.41, 5.74) is 0. The lowest BCUT2D eigenvalue weighted by molar-refractivity contribution is 0.135. The van der Waals surface area contributed by atoms with Crippen LogP contribution in [0.2, 0.25) is 0 Å². The first kappa shape index (κ1) is 11.3. The van der Waals surface area contributed by atoms with Crippen LogP contribution in [0.15, 0.2) is 5.10 Å². The summed E-state index contributed by atoms with van der Waals surface area (Å²) >= 11 is 0. The summed E-state index contributed by atoms with van der Waals surface area (Å²) in [6.07, 6.45) is 6.18. The Hall–Kier alpha value is -0.730. The van der Waals surface area contributed by atoms with E-state index in [0.717, 1.165) is 12.5 Å². The minimum atomic E-state index is 0.488. The van der Waals surface area contributed by atoms with Crippen molar-refractivity contribution in [3.8, 4) is 0 Å². The number of unbranched alkanes of at least 4 members (excludes halogenated alkanes) is 1. The minimum Gasteiger partial charge on any atom is -0.339 e. The van der Waals surface area contributed by atoms with E-state index in [0.29, 0.717) is 6.17 Å². The van der Waals surface area contributed by atoms with Gasteiger partial charge in [-0.1, -0.05) is 27.2 Å². The second-order valence-corrected chi connectivity index (χ2v) is 4.51. The maximum Gasteiger partial charge on any atom is 0.119 e. The van der Waals surface area contributed by atoms with Gasteiger partial charge in [0.15, 0.2) is 0 Å². The average molecular weight is 197 g/mol. The number of nitrogens with zero attached hydrogens (tertiary/aromatic N) is 3. The molecule has 0 bridgehead atoms. The SMILES string of the molecule is CCCCN1C=NN(C)C1CC(C)C. The number of hydrogen-bond acceptors (Lipinski definition) is 3. The molecule has 0 saturated heterocycles. The van der Waals surface area contributed by atoms with Crippen molar-refractivity contribution in [2.75, 3.05) is 13.6 Å². The fraction of sp³-hybridized carbons (Fsp3) is 0.909. The number of rotatable bonds is 5. The summed E-state index contributed by atoms with van der Waals surface area (Å²) in [5.74, 6) is 0.730. The molecule has 0 aromatic heterocycles. The molecule has 14 heavy (non-hydrogen) atoms. The van der Waals surface area contributed by atoms with Gasteiger partial charge < -0.3 is 4.90 Å². The molecule has 0 aromatic carbocycles. The van der Waals surface area contributed by atoms with E-state index in [1.54, 1.807) is 0 Å². The van der Waals surface area contributed by atoms with Gasteiger partial charge in [-0.05, 0) is 18.8 Å². The van der Waals surface area contributed by atoms with E-state index in [1.165, 1.54) is 19.3 Å². The number of hydrogen-bond donors (Lipinski definition) is 0. The van der Waals surface area contributed by atoms with Crippen molar-refractivity contribution in [2.24, 2.45) is 11.0 Å². The predicted molar refractivity (Wildman–Crippen MR) is 61.1 cm³/mol. The van der Waals surface area contributed by atoms with Crippen LogP contribution in [0, 0.1) is 5.92 Å². The van der Waals surface area contributed by atoms with Gasteiger partial charge in [-0.25, -0.2) is 0 Å². The molecule has 0 aromatic rings. The molecule has 0 radical (unpaired) electrons. The van der Waals surface area contributed by atoms with Gasteiger partial charge in [-0.2, -0.15) is 5.10 Å². The molecule has 3 nitrogen and oxygen atoms in total. The van der Waals surface area contributed by atoms with Crippen LogP contribution in [0.3, 0.4) is 0 Å². The fourth-order valence-corrected chi connectivity index (χ4v) is 1.77. The predicted octanol–water partition coefficient (Wildman–Crippen LogP) is 2.35. The summed E-state index contributed by atoms with van der Waals surface area (Å²) in [6, 6.07) is 0. The zero-order valence-corrected chi connectivity index (χ0v) is 9.90. The molecule has 0 saturated carbocycles. The van der Waals surface area contributed by atoms with E-state index in [2.05, 4.69) is 42.8 Å². The molecule has 82 valence electrons. The second-order valence-electron chi connectivity index (χ2n) is 4.51. The van der Waals surface area contributed by atoms with Crippen LogP contribution in [0.4, 0.5) is 0 Å². The minimum absolute atomic E-state index is 0.488. The maximum atomic E-state index is 4.34. The molecule has 1 rings (SSSR count). The van der Waals surface area contributed by atoms with E-state index in [4.69, 9.17) is 0 Å². The molecule has 0 spiro atoms.